The van der Waals surface area contributed by atoms with Crippen LogP contribution < -0.4 is 10.6 Å². The summed E-state index contributed by atoms with van der Waals surface area (Å²) in [6, 6.07) is 7.78. The van der Waals surface area contributed by atoms with Crippen LogP contribution in [0.4, 0.5) is 11.4 Å². The average Bonchev–Trinajstić information content (AvgIpc) is 2.63. The lowest BCUT2D eigenvalue weighted by Crippen LogP contribution is -2.29. The van der Waals surface area contributed by atoms with E-state index in [0.29, 0.717) is 11.3 Å². The SMILES string of the molecule is Nc1ccc2c(c1)C(=O)N(c1cccnc1Cl)C2=O. The van der Waals surface area contributed by atoms with Crippen LogP contribution in [-0.4, -0.2) is 16.8 Å². The van der Waals surface area contributed by atoms with E-state index < -0.39 is 11.8 Å². The first-order valence-corrected chi connectivity index (χ1v) is 5.86. The van der Waals surface area contributed by atoms with E-state index in [2.05, 4.69) is 4.98 Å². The fraction of sp³-hybridized carbons (Fsp3) is 0. The van der Waals surface area contributed by atoms with Crippen LogP contribution in [0.15, 0.2) is 36.5 Å². The van der Waals surface area contributed by atoms with Crippen LogP contribution in [0.2, 0.25) is 5.15 Å². The van der Waals surface area contributed by atoms with Gasteiger partial charge in [-0.2, -0.15) is 0 Å². The van der Waals surface area contributed by atoms with Crippen molar-refractivity contribution in [3.05, 3.63) is 52.8 Å². The van der Waals surface area contributed by atoms with Crippen LogP contribution in [0.3, 0.4) is 0 Å². The van der Waals surface area contributed by atoms with Crippen molar-refractivity contribution in [2.24, 2.45) is 0 Å². The summed E-state index contributed by atoms with van der Waals surface area (Å²) in [7, 11) is 0. The summed E-state index contributed by atoms with van der Waals surface area (Å²) >= 11 is 5.93. The zero-order valence-corrected chi connectivity index (χ0v) is 10.4. The van der Waals surface area contributed by atoms with Crippen molar-refractivity contribution in [1.29, 1.82) is 0 Å². The topological polar surface area (TPSA) is 76.3 Å². The molecule has 1 aromatic heterocycles. The highest BCUT2D eigenvalue weighted by molar-refractivity contribution is 6.39. The largest absolute Gasteiger partial charge is 0.399 e. The standard InChI is InChI=1S/C13H8ClN3O2/c14-11-10(2-1-5-16-11)17-12(18)8-4-3-7(15)6-9(8)13(17)19/h1-6H,15H2. The lowest BCUT2D eigenvalue weighted by atomic mass is 10.1. The third kappa shape index (κ3) is 1.67. The van der Waals surface area contributed by atoms with Crippen LogP contribution in [0, 0.1) is 0 Å². The molecule has 5 nitrogen and oxygen atoms in total. The van der Waals surface area contributed by atoms with E-state index in [1.165, 1.54) is 18.3 Å². The molecule has 3 rings (SSSR count). The van der Waals surface area contributed by atoms with E-state index in [0.717, 1.165) is 4.90 Å². The molecule has 6 heteroatoms. The third-order valence-electron chi connectivity index (χ3n) is 2.89. The van der Waals surface area contributed by atoms with Gasteiger partial charge < -0.3 is 5.73 Å². The molecule has 0 saturated carbocycles. The molecule has 0 atom stereocenters. The molecule has 0 unspecified atom stereocenters. The van der Waals surface area contributed by atoms with Gasteiger partial charge >= 0.3 is 0 Å². The number of amides is 2. The molecule has 2 amide bonds. The van der Waals surface area contributed by atoms with Gasteiger partial charge in [0.25, 0.3) is 11.8 Å². The third-order valence-corrected chi connectivity index (χ3v) is 3.18. The summed E-state index contributed by atoms with van der Waals surface area (Å²) in [6.07, 6.45) is 1.49. The minimum atomic E-state index is -0.442. The minimum absolute atomic E-state index is 0.102. The summed E-state index contributed by atoms with van der Waals surface area (Å²) < 4.78 is 0. The van der Waals surface area contributed by atoms with Gasteiger partial charge in [0.15, 0.2) is 5.15 Å². The first kappa shape index (κ1) is 11.7. The van der Waals surface area contributed by atoms with Crippen LogP contribution >= 0.6 is 11.6 Å². The summed E-state index contributed by atoms with van der Waals surface area (Å²) in [6.45, 7) is 0. The van der Waals surface area contributed by atoms with Gasteiger partial charge in [0, 0.05) is 11.9 Å². The van der Waals surface area contributed by atoms with E-state index in [1.54, 1.807) is 18.2 Å². The summed E-state index contributed by atoms with van der Waals surface area (Å²) in [5, 5.41) is 0.102. The molecule has 2 heterocycles. The van der Waals surface area contributed by atoms with Crippen LogP contribution in [-0.2, 0) is 0 Å². The number of imide groups is 1. The number of pyridine rings is 1. The quantitative estimate of drug-likeness (QED) is 0.490. The average molecular weight is 274 g/mol. The molecule has 19 heavy (non-hydrogen) atoms. The van der Waals surface area contributed by atoms with E-state index >= 15 is 0 Å². The van der Waals surface area contributed by atoms with Gasteiger partial charge in [-0.25, -0.2) is 9.88 Å². The second-order valence-electron chi connectivity index (χ2n) is 4.06. The predicted molar refractivity (Wildman–Crippen MR) is 71.2 cm³/mol. The summed E-state index contributed by atoms with van der Waals surface area (Å²) in [5.74, 6) is -0.864. The maximum absolute atomic E-state index is 12.3. The van der Waals surface area contributed by atoms with E-state index in [4.69, 9.17) is 17.3 Å². The van der Waals surface area contributed by atoms with Gasteiger partial charge in [0.1, 0.15) is 0 Å². The number of nitrogens with two attached hydrogens (primary N) is 1. The number of carbonyl (C=O) groups excluding carboxylic acids is 2. The highest BCUT2D eigenvalue weighted by Gasteiger charge is 2.37. The Bertz CT molecular complexity index is 715. The molecule has 0 radical (unpaired) electrons. The van der Waals surface area contributed by atoms with Crippen molar-refractivity contribution in [3.8, 4) is 0 Å². The number of nitrogens with zero attached hydrogens (tertiary/aromatic N) is 2. The number of halogens is 1. The second-order valence-corrected chi connectivity index (χ2v) is 4.42. The first-order valence-electron chi connectivity index (χ1n) is 5.48. The maximum Gasteiger partial charge on any atom is 0.266 e. The molecule has 94 valence electrons. The Hall–Kier alpha value is -2.40. The van der Waals surface area contributed by atoms with Gasteiger partial charge in [0.05, 0.1) is 16.8 Å². The Kier molecular flexibility index (Phi) is 2.50. The molecule has 0 saturated heterocycles. The Morgan fingerprint density at radius 3 is 2.58 bits per heavy atom. The lowest BCUT2D eigenvalue weighted by molar-refractivity contribution is 0.0926. The van der Waals surface area contributed by atoms with E-state index in [1.807, 2.05) is 0 Å². The molecule has 0 spiro atoms. The highest BCUT2D eigenvalue weighted by Crippen LogP contribution is 2.32. The van der Waals surface area contributed by atoms with Crippen molar-refractivity contribution in [2.45, 2.75) is 0 Å². The van der Waals surface area contributed by atoms with Gasteiger partial charge in [-0.05, 0) is 30.3 Å². The molecular formula is C13H8ClN3O2. The second kappa shape index (κ2) is 4.07. The minimum Gasteiger partial charge on any atom is -0.399 e. The number of nitrogen functional groups attached to an aromatic ring is 1. The molecule has 0 bridgehead atoms. The number of hydrogen-bond donors (Lipinski definition) is 1. The zero-order valence-electron chi connectivity index (χ0n) is 9.63. The van der Waals surface area contributed by atoms with Gasteiger partial charge in [0.2, 0.25) is 0 Å². The molecule has 2 aromatic rings. The van der Waals surface area contributed by atoms with Crippen LogP contribution in [0.5, 0.6) is 0 Å². The van der Waals surface area contributed by atoms with E-state index in [-0.39, 0.29) is 16.4 Å². The molecule has 1 aliphatic rings. The Morgan fingerprint density at radius 1 is 1.11 bits per heavy atom. The first-order chi connectivity index (χ1) is 9.09. The summed E-state index contributed by atoms with van der Waals surface area (Å²) in [5.41, 5.74) is 6.93. The fourth-order valence-corrected chi connectivity index (χ4v) is 2.23. The Labute approximate surface area is 113 Å². The van der Waals surface area contributed by atoms with Crippen molar-refractivity contribution in [3.63, 3.8) is 0 Å². The van der Waals surface area contributed by atoms with Crippen LogP contribution in [0.25, 0.3) is 0 Å². The van der Waals surface area contributed by atoms with Crippen molar-refractivity contribution >= 4 is 34.8 Å². The molecule has 0 aliphatic carbocycles. The van der Waals surface area contributed by atoms with Crippen molar-refractivity contribution in [1.82, 2.24) is 4.98 Å². The van der Waals surface area contributed by atoms with Gasteiger partial charge in [-0.15, -0.1) is 0 Å². The normalized spacial score (nSPS) is 13.8. The fourth-order valence-electron chi connectivity index (χ4n) is 2.02. The number of fused-ring (bicyclic) bond motifs is 1. The van der Waals surface area contributed by atoms with Gasteiger partial charge in [-0.1, -0.05) is 11.6 Å². The van der Waals surface area contributed by atoms with Crippen molar-refractivity contribution < 1.29 is 9.59 Å². The molecule has 1 aliphatic heterocycles. The predicted octanol–water partition coefficient (Wildman–Crippen LogP) is 2.12. The van der Waals surface area contributed by atoms with E-state index in [9.17, 15) is 9.59 Å². The lowest BCUT2D eigenvalue weighted by Gasteiger charge is -2.14. The van der Waals surface area contributed by atoms with Crippen LogP contribution in [0.1, 0.15) is 20.7 Å². The zero-order chi connectivity index (χ0) is 13.6. The highest BCUT2D eigenvalue weighted by atomic mass is 35.5. The Balaban J connectivity index is 2.16. The van der Waals surface area contributed by atoms with Gasteiger partial charge in [-0.3, -0.25) is 9.59 Å². The number of anilines is 2. The number of aromatic nitrogens is 1. The maximum atomic E-state index is 12.3. The summed E-state index contributed by atoms with van der Waals surface area (Å²) in [4.78, 5) is 29.4. The number of carbonyl (C=O) groups is 2. The molecule has 2 N–H and O–H groups in total. The molecular weight excluding hydrogens is 266 g/mol. The monoisotopic (exact) mass is 273 g/mol. The number of hydrogen-bond acceptors (Lipinski definition) is 4. The Morgan fingerprint density at radius 2 is 1.84 bits per heavy atom. The number of rotatable bonds is 1. The van der Waals surface area contributed by atoms with Crippen molar-refractivity contribution in [2.75, 3.05) is 10.6 Å². The molecule has 0 fully saturated rings. The molecule has 1 aromatic carbocycles. The number of benzene rings is 1. The smallest absolute Gasteiger partial charge is 0.266 e.